The Bertz CT molecular complexity index is 310. The fourth-order valence-electron chi connectivity index (χ4n) is 1.16. The molecule has 0 aromatic heterocycles. The van der Waals surface area contributed by atoms with E-state index in [1.807, 2.05) is 24.3 Å². The van der Waals surface area contributed by atoms with Crippen LogP contribution in [-0.2, 0) is 0 Å². The van der Waals surface area contributed by atoms with E-state index >= 15 is 0 Å². The number of alkyl halides is 1. The Labute approximate surface area is 91.2 Å². The van der Waals surface area contributed by atoms with Gasteiger partial charge in [-0.1, -0.05) is 12.1 Å². The zero-order valence-electron chi connectivity index (χ0n) is 7.09. The predicted octanol–water partition coefficient (Wildman–Crippen LogP) is 3.60. The molecule has 70 valence electrons. The molecule has 0 atom stereocenters. The van der Waals surface area contributed by atoms with Crippen LogP contribution >= 0.6 is 27.5 Å². The molecule has 1 aliphatic carbocycles. The maximum absolute atomic E-state index is 5.82. The molecule has 13 heavy (non-hydrogen) atoms. The van der Waals surface area contributed by atoms with Gasteiger partial charge in [-0.25, -0.2) is 0 Å². The summed E-state index contributed by atoms with van der Waals surface area (Å²) in [7, 11) is 0. The summed E-state index contributed by atoms with van der Waals surface area (Å²) in [4.78, 5) is 0. The summed E-state index contributed by atoms with van der Waals surface area (Å²) in [6.45, 7) is 0. The third-order valence-electron chi connectivity index (χ3n) is 2.21. The number of benzene rings is 1. The molecule has 0 heterocycles. The van der Waals surface area contributed by atoms with Crippen molar-refractivity contribution < 1.29 is 4.74 Å². The number of para-hydroxylation sites is 1. The number of rotatable bonds is 3. The van der Waals surface area contributed by atoms with Gasteiger partial charge in [0.05, 0.1) is 10.4 Å². The van der Waals surface area contributed by atoms with Crippen LogP contribution in [0.15, 0.2) is 28.7 Å². The van der Waals surface area contributed by atoms with Crippen molar-refractivity contribution in [3.05, 3.63) is 28.7 Å². The van der Waals surface area contributed by atoms with Crippen molar-refractivity contribution in [2.75, 3.05) is 5.88 Å². The van der Waals surface area contributed by atoms with Crippen LogP contribution in [0.1, 0.15) is 12.8 Å². The van der Waals surface area contributed by atoms with Gasteiger partial charge in [0.2, 0.25) is 0 Å². The maximum Gasteiger partial charge on any atom is 0.134 e. The van der Waals surface area contributed by atoms with Crippen LogP contribution in [0.3, 0.4) is 0 Å². The summed E-state index contributed by atoms with van der Waals surface area (Å²) < 4.78 is 6.81. The Morgan fingerprint density at radius 1 is 1.38 bits per heavy atom. The first-order valence-electron chi connectivity index (χ1n) is 4.25. The molecule has 1 aromatic carbocycles. The summed E-state index contributed by atoms with van der Waals surface area (Å²) in [5.41, 5.74) is -0.0779. The zero-order valence-corrected chi connectivity index (χ0v) is 9.44. The van der Waals surface area contributed by atoms with E-state index in [-0.39, 0.29) is 5.60 Å². The van der Waals surface area contributed by atoms with Crippen molar-refractivity contribution in [2.24, 2.45) is 0 Å². The molecule has 1 nitrogen and oxygen atoms in total. The zero-order chi connectivity index (χ0) is 9.31. The second-order valence-corrected chi connectivity index (χ2v) is 4.47. The summed E-state index contributed by atoms with van der Waals surface area (Å²) in [6, 6.07) is 7.86. The van der Waals surface area contributed by atoms with E-state index in [9.17, 15) is 0 Å². The first kappa shape index (κ1) is 9.35. The molecule has 2 rings (SSSR count). The normalized spacial score (nSPS) is 18.3. The number of ether oxygens (including phenoxy) is 1. The smallest absolute Gasteiger partial charge is 0.134 e. The molecule has 0 radical (unpaired) electrons. The molecule has 0 spiro atoms. The van der Waals surface area contributed by atoms with E-state index in [1.165, 1.54) is 0 Å². The molecule has 0 saturated heterocycles. The van der Waals surface area contributed by atoms with Crippen LogP contribution in [0.5, 0.6) is 5.75 Å². The van der Waals surface area contributed by atoms with E-state index in [4.69, 9.17) is 16.3 Å². The van der Waals surface area contributed by atoms with Gasteiger partial charge in [-0.2, -0.15) is 0 Å². The molecular formula is C10H10BrClO. The number of hydrogen-bond acceptors (Lipinski definition) is 1. The first-order valence-corrected chi connectivity index (χ1v) is 5.58. The van der Waals surface area contributed by atoms with E-state index in [1.54, 1.807) is 0 Å². The lowest BCUT2D eigenvalue weighted by Crippen LogP contribution is -2.19. The van der Waals surface area contributed by atoms with Crippen molar-refractivity contribution >= 4 is 27.5 Å². The number of hydrogen-bond donors (Lipinski definition) is 0. The fourth-order valence-corrected chi connectivity index (χ4v) is 1.85. The average Bonchev–Trinajstić information content (AvgIpc) is 2.90. The van der Waals surface area contributed by atoms with Gasteiger partial charge in [-0.05, 0) is 40.9 Å². The van der Waals surface area contributed by atoms with Gasteiger partial charge < -0.3 is 4.74 Å². The highest BCUT2D eigenvalue weighted by Gasteiger charge is 2.44. The minimum absolute atomic E-state index is 0.0779. The minimum atomic E-state index is -0.0779. The first-order chi connectivity index (χ1) is 6.26. The van der Waals surface area contributed by atoms with Gasteiger partial charge in [-0.3, -0.25) is 0 Å². The van der Waals surface area contributed by atoms with E-state index < -0.39 is 0 Å². The number of halogens is 2. The largest absolute Gasteiger partial charge is 0.485 e. The molecule has 0 bridgehead atoms. The molecule has 3 heteroatoms. The van der Waals surface area contributed by atoms with Gasteiger partial charge in [0.1, 0.15) is 11.4 Å². The van der Waals surface area contributed by atoms with Gasteiger partial charge >= 0.3 is 0 Å². The molecule has 1 aliphatic rings. The van der Waals surface area contributed by atoms with E-state index in [2.05, 4.69) is 15.9 Å². The van der Waals surface area contributed by atoms with Crippen LogP contribution in [0.2, 0.25) is 0 Å². The summed E-state index contributed by atoms with van der Waals surface area (Å²) in [5.74, 6) is 1.47. The van der Waals surface area contributed by atoms with Crippen LogP contribution in [0.4, 0.5) is 0 Å². The second kappa shape index (κ2) is 3.50. The quantitative estimate of drug-likeness (QED) is 0.756. The maximum atomic E-state index is 5.82. The molecule has 0 N–H and O–H groups in total. The minimum Gasteiger partial charge on any atom is -0.485 e. The second-order valence-electron chi connectivity index (χ2n) is 3.35. The van der Waals surface area contributed by atoms with Crippen molar-refractivity contribution in [1.29, 1.82) is 0 Å². The molecule has 1 fully saturated rings. The fraction of sp³-hybridized carbons (Fsp3) is 0.400. The van der Waals surface area contributed by atoms with Crippen molar-refractivity contribution in [2.45, 2.75) is 18.4 Å². The Hall–Kier alpha value is -0.210. The SMILES string of the molecule is ClCC1(Oc2ccccc2Br)CC1. The molecule has 1 aromatic rings. The highest BCUT2D eigenvalue weighted by atomic mass is 79.9. The lowest BCUT2D eigenvalue weighted by atomic mass is 10.3. The molecule has 1 saturated carbocycles. The van der Waals surface area contributed by atoms with Crippen molar-refractivity contribution in [3.63, 3.8) is 0 Å². The topological polar surface area (TPSA) is 9.23 Å². The third-order valence-corrected chi connectivity index (χ3v) is 3.36. The standard InChI is InChI=1S/C10H10BrClO/c11-8-3-1-2-4-9(8)13-10(7-12)5-6-10/h1-4H,5-7H2. The van der Waals surface area contributed by atoms with Crippen molar-refractivity contribution in [3.8, 4) is 5.75 Å². The molecular weight excluding hydrogens is 251 g/mol. The monoisotopic (exact) mass is 260 g/mol. The molecule has 0 unspecified atom stereocenters. The van der Waals surface area contributed by atoms with E-state index in [0.29, 0.717) is 5.88 Å². The summed E-state index contributed by atoms with van der Waals surface area (Å²) in [6.07, 6.45) is 2.13. The third kappa shape index (κ3) is 2.00. The molecule has 0 aliphatic heterocycles. The Morgan fingerprint density at radius 2 is 2.08 bits per heavy atom. The predicted molar refractivity (Wildman–Crippen MR) is 57.5 cm³/mol. The van der Waals surface area contributed by atoms with Gasteiger partial charge in [0.15, 0.2) is 0 Å². The average molecular weight is 262 g/mol. The van der Waals surface area contributed by atoms with Gasteiger partial charge in [0, 0.05) is 0 Å². The van der Waals surface area contributed by atoms with Crippen LogP contribution in [-0.4, -0.2) is 11.5 Å². The van der Waals surface area contributed by atoms with Crippen molar-refractivity contribution in [1.82, 2.24) is 0 Å². The van der Waals surface area contributed by atoms with Gasteiger partial charge in [-0.15, -0.1) is 11.6 Å². The van der Waals surface area contributed by atoms with Gasteiger partial charge in [0.25, 0.3) is 0 Å². The summed E-state index contributed by atoms with van der Waals surface area (Å²) >= 11 is 9.26. The summed E-state index contributed by atoms with van der Waals surface area (Å²) in [5, 5.41) is 0. The molecule has 0 amide bonds. The van der Waals surface area contributed by atoms with Crippen LogP contribution in [0, 0.1) is 0 Å². The van der Waals surface area contributed by atoms with E-state index in [0.717, 1.165) is 23.1 Å². The lowest BCUT2D eigenvalue weighted by molar-refractivity contribution is 0.202. The lowest BCUT2D eigenvalue weighted by Gasteiger charge is -2.15. The highest BCUT2D eigenvalue weighted by Crippen LogP contribution is 2.42. The van der Waals surface area contributed by atoms with Crippen LogP contribution < -0.4 is 4.74 Å². The Balaban J connectivity index is 2.14. The Kier molecular flexibility index (Phi) is 2.52. The Morgan fingerprint density at radius 3 is 2.62 bits per heavy atom. The van der Waals surface area contributed by atoms with Crippen LogP contribution in [0.25, 0.3) is 0 Å². The highest BCUT2D eigenvalue weighted by molar-refractivity contribution is 9.10.